The highest BCUT2D eigenvalue weighted by Crippen LogP contribution is 2.11. The third kappa shape index (κ3) is 6.29. The van der Waals surface area contributed by atoms with Crippen LogP contribution >= 0.6 is 0 Å². The third-order valence-corrected chi connectivity index (χ3v) is 4.47. The van der Waals surface area contributed by atoms with Crippen molar-refractivity contribution in [3.63, 3.8) is 0 Å². The summed E-state index contributed by atoms with van der Waals surface area (Å²) in [6.07, 6.45) is 0.929. The van der Waals surface area contributed by atoms with Crippen LogP contribution in [0, 0.1) is 5.82 Å². The number of carbonyl (C=O) groups excluding carboxylic acids is 2. The minimum absolute atomic E-state index is 0.0650. The number of amides is 2. The third-order valence-electron chi connectivity index (χ3n) is 3.53. The summed E-state index contributed by atoms with van der Waals surface area (Å²) in [5, 5.41) is 5.18. The summed E-state index contributed by atoms with van der Waals surface area (Å²) in [7, 11) is -3.20. The van der Waals surface area contributed by atoms with E-state index in [0.29, 0.717) is 16.8 Å². The van der Waals surface area contributed by atoms with Crippen LogP contribution in [-0.4, -0.2) is 32.2 Å². The van der Waals surface area contributed by atoms with Crippen LogP contribution in [0.3, 0.4) is 0 Å². The zero-order valence-electron chi connectivity index (χ0n) is 14.2. The van der Waals surface area contributed by atoms with E-state index in [1.54, 1.807) is 18.2 Å². The molecule has 138 valence electrons. The Morgan fingerprint density at radius 3 is 2.31 bits per heavy atom. The summed E-state index contributed by atoms with van der Waals surface area (Å²) in [6.45, 7) is 0.0650. The number of benzene rings is 2. The normalized spacial score (nSPS) is 11.0. The topological polar surface area (TPSA) is 92.3 Å². The monoisotopic (exact) mass is 378 g/mol. The van der Waals surface area contributed by atoms with Gasteiger partial charge in [-0.25, -0.2) is 12.8 Å². The van der Waals surface area contributed by atoms with Gasteiger partial charge in [-0.2, -0.15) is 0 Å². The van der Waals surface area contributed by atoms with E-state index in [1.807, 2.05) is 0 Å². The Labute approximate surface area is 151 Å². The number of anilines is 1. The molecule has 26 heavy (non-hydrogen) atoms. The number of rotatable bonds is 7. The molecule has 2 aromatic carbocycles. The molecule has 0 spiro atoms. The molecule has 0 bridgehead atoms. The van der Waals surface area contributed by atoms with E-state index in [0.717, 1.165) is 6.26 Å². The summed E-state index contributed by atoms with van der Waals surface area (Å²) in [4.78, 5) is 23.8. The lowest BCUT2D eigenvalue weighted by atomic mass is 10.1. The van der Waals surface area contributed by atoms with E-state index in [9.17, 15) is 22.4 Å². The van der Waals surface area contributed by atoms with Gasteiger partial charge in [0.25, 0.3) is 5.91 Å². The largest absolute Gasteiger partial charge is 0.348 e. The highest BCUT2D eigenvalue weighted by atomic mass is 32.2. The van der Waals surface area contributed by atoms with Crippen molar-refractivity contribution >= 4 is 27.3 Å². The van der Waals surface area contributed by atoms with Crippen LogP contribution in [0.1, 0.15) is 22.3 Å². The Kier molecular flexibility index (Phi) is 6.46. The van der Waals surface area contributed by atoms with Crippen LogP contribution < -0.4 is 10.6 Å². The zero-order chi connectivity index (χ0) is 19.2. The van der Waals surface area contributed by atoms with Crippen molar-refractivity contribution in [1.82, 2.24) is 5.32 Å². The van der Waals surface area contributed by atoms with Crippen molar-refractivity contribution in [2.75, 3.05) is 17.3 Å². The van der Waals surface area contributed by atoms with E-state index in [-0.39, 0.29) is 30.4 Å². The molecule has 8 heteroatoms. The highest BCUT2D eigenvalue weighted by Gasteiger charge is 2.10. The van der Waals surface area contributed by atoms with Crippen molar-refractivity contribution in [2.24, 2.45) is 0 Å². The van der Waals surface area contributed by atoms with Gasteiger partial charge in [0.1, 0.15) is 15.7 Å². The van der Waals surface area contributed by atoms with Crippen LogP contribution in [-0.2, 0) is 21.2 Å². The van der Waals surface area contributed by atoms with E-state index < -0.39 is 15.7 Å². The standard InChI is InChI=1S/C18H19FN2O4S/c1-26(24,25)11-10-17(22)21-15-8-6-13(7-9-15)18(23)20-12-14-4-2-3-5-16(14)19/h2-9H,10-12H2,1H3,(H,20,23)(H,21,22). The average molecular weight is 378 g/mol. The zero-order valence-corrected chi connectivity index (χ0v) is 15.0. The minimum atomic E-state index is -3.20. The fourth-order valence-electron chi connectivity index (χ4n) is 2.13. The smallest absolute Gasteiger partial charge is 0.251 e. The molecule has 0 atom stereocenters. The minimum Gasteiger partial charge on any atom is -0.348 e. The molecule has 0 aromatic heterocycles. The molecule has 0 unspecified atom stereocenters. The van der Waals surface area contributed by atoms with Gasteiger partial charge in [0.2, 0.25) is 5.91 Å². The number of hydrogen-bond donors (Lipinski definition) is 2. The van der Waals surface area contributed by atoms with Gasteiger partial charge in [-0.05, 0) is 30.3 Å². The number of hydrogen-bond acceptors (Lipinski definition) is 4. The lowest BCUT2D eigenvalue weighted by molar-refractivity contribution is -0.115. The number of sulfone groups is 1. The molecule has 2 aromatic rings. The van der Waals surface area contributed by atoms with E-state index in [2.05, 4.69) is 10.6 Å². The second-order valence-electron chi connectivity index (χ2n) is 5.78. The van der Waals surface area contributed by atoms with Crippen LogP contribution in [0.15, 0.2) is 48.5 Å². The van der Waals surface area contributed by atoms with Gasteiger partial charge in [-0.15, -0.1) is 0 Å². The fraction of sp³-hybridized carbons (Fsp3) is 0.222. The molecular formula is C18H19FN2O4S. The Morgan fingerprint density at radius 1 is 1.04 bits per heavy atom. The summed E-state index contributed by atoms with van der Waals surface area (Å²) in [5.41, 5.74) is 1.19. The molecule has 0 radical (unpaired) electrons. The van der Waals surface area contributed by atoms with Gasteiger partial charge in [0.05, 0.1) is 5.75 Å². The van der Waals surface area contributed by atoms with Crippen molar-refractivity contribution < 1.29 is 22.4 Å². The first-order chi connectivity index (χ1) is 12.2. The van der Waals surface area contributed by atoms with Crippen LogP contribution in [0.2, 0.25) is 0 Å². The van der Waals surface area contributed by atoms with E-state index in [4.69, 9.17) is 0 Å². The number of carbonyl (C=O) groups is 2. The van der Waals surface area contributed by atoms with Crippen molar-refractivity contribution in [2.45, 2.75) is 13.0 Å². The lowest BCUT2D eigenvalue weighted by Gasteiger charge is -2.08. The maximum absolute atomic E-state index is 13.5. The molecule has 2 rings (SSSR count). The van der Waals surface area contributed by atoms with E-state index >= 15 is 0 Å². The first-order valence-corrected chi connectivity index (χ1v) is 9.90. The SMILES string of the molecule is CS(=O)(=O)CCC(=O)Nc1ccc(C(=O)NCc2ccccc2F)cc1. The molecule has 0 saturated carbocycles. The van der Waals surface area contributed by atoms with Gasteiger partial charge in [0, 0.05) is 36.0 Å². The lowest BCUT2D eigenvalue weighted by Crippen LogP contribution is -2.23. The van der Waals surface area contributed by atoms with Crippen LogP contribution in [0.4, 0.5) is 10.1 Å². The van der Waals surface area contributed by atoms with Crippen molar-refractivity contribution in [3.05, 3.63) is 65.5 Å². The first-order valence-electron chi connectivity index (χ1n) is 7.84. The van der Waals surface area contributed by atoms with Gasteiger partial charge in [-0.3, -0.25) is 9.59 Å². The summed E-state index contributed by atoms with van der Waals surface area (Å²) in [5.74, 6) is -1.41. The predicted molar refractivity (Wildman–Crippen MR) is 97.0 cm³/mol. The van der Waals surface area contributed by atoms with Crippen LogP contribution in [0.5, 0.6) is 0 Å². The van der Waals surface area contributed by atoms with Gasteiger partial charge < -0.3 is 10.6 Å². The Hall–Kier alpha value is -2.74. The fourth-order valence-corrected chi connectivity index (χ4v) is 2.68. The molecule has 2 amide bonds. The second kappa shape index (κ2) is 8.57. The quantitative estimate of drug-likeness (QED) is 0.772. The maximum atomic E-state index is 13.5. The Bertz CT molecular complexity index is 896. The highest BCUT2D eigenvalue weighted by molar-refractivity contribution is 7.90. The van der Waals surface area contributed by atoms with Gasteiger partial charge in [0.15, 0.2) is 0 Å². The molecule has 6 nitrogen and oxygen atoms in total. The molecule has 0 heterocycles. The second-order valence-corrected chi connectivity index (χ2v) is 8.04. The number of nitrogens with one attached hydrogen (secondary N) is 2. The molecular weight excluding hydrogens is 359 g/mol. The summed E-state index contributed by atoms with van der Waals surface area (Å²) < 4.78 is 35.6. The Balaban J connectivity index is 1.89. The van der Waals surface area contributed by atoms with Crippen molar-refractivity contribution in [1.29, 1.82) is 0 Å². The van der Waals surface area contributed by atoms with Crippen molar-refractivity contribution in [3.8, 4) is 0 Å². The molecule has 0 aliphatic rings. The van der Waals surface area contributed by atoms with E-state index in [1.165, 1.54) is 30.3 Å². The molecule has 0 fully saturated rings. The predicted octanol–water partition coefficient (Wildman–Crippen LogP) is 2.13. The summed E-state index contributed by atoms with van der Waals surface area (Å²) >= 11 is 0. The average Bonchev–Trinajstić information content (AvgIpc) is 2.59. The molecule has 2 N–H and O–H groups in total. The summed E-state index contributed by atoms with van der Waals surface area (Å²) in [6, 6.07) is 12.3. The number of halogens is 1. The molecule has 0 aliphatic heterocycles. The van der Waals surface area contributed by atoms with Crippen LogP contribution in [0.25, 0.3) is 0 Å². The molecule has 0 aliphatic carbocycles. The molecule has 0 saturated heterocycles. The van der Waals surface area contributed by atoms with Gasteiger partial charge in [-0.1, -0.05) is 18.2 Å². The maximum Gasteiger partial charge on any atom is 0.251 e. The first kappa shape index (κ1) is 19.6. The Morgan fingerprint density at radius 2 is 1.69 bits per heavy atom. The van der Waals surface area contributed by atoms with Gasteiger partial charge >= 0.3 is 0 Å².